The van der Waals surface area contributed by atoms with E-state index in [2.05, 4.69) is 5.32 Å². The van der Waals surface area contributed by atoms with Crippen molar-refractivity contribution < 1.29 is 14.3 Å². The fourth-order valence-electron chi connectivity index (χ4n) is 2.34. The van der Waals surface area contributed by atoms with Crippen LogP contribution in [0.3, 0.4) is 0 Å². The molecule has 1 saturated carbocycles. The zero-order valence-corrected chi connectivity index (χ0v) is 11.5. The van der Waals surface area contributed by atoms with Crippen molar-refractivity contribution in [2.75, 3.05) is 18.0 Å². The Hall–Kier alpha value is -2.04. The number of hydrogen-bond acceptors (Lipinski definition) is 3. The summed E-state index contributed by atoms with van der Waals surface area (Å²) in [6.45, 7) is 2.86. The van der Waals surface area contributed by atoms with Crippen LogP contribution in [-0.4, -0.2) is 31.2 Å². The van der Waals surface area contributed by atoms with Gasteiger partial charge in [-0.15, -0.1) is 0 Å². The lowest BCUT2D eigenvalue weighted by Gasteiger charge is -2.13. The van der Waals surface area contributed by atoms with E-state index in [1.54, 1.807) is 4.90 Å². The van der Waals surface area contributed by atoms with Gasteiger partial charge in [0.1, 0.15) is 6.10 Å². The first kappa shape index (κ1) is 13.0. The van der Waals surface area contributed by atoms with Gasteiger partial charge in [0, 0.05) is 11.6 Å². The SMILES string of the molecule is Cc1cccc(N2CC(CNC(=O)C3CC3)OC2=O)c1. The second-order valence-electron chi connectivity index (χ2n) is 5.47. The number of benzene rings is 1. The number of aryl methyl sites for hydroxylation is 1. The number of nitrogens with zero attached hydrogens (tertiary/aromatic N) is 1. The van der Waals surface area contributed by atoms with Crippen LogP contribution in [-0.2, 0) is 9.53 Å². The number of hydrogen-bond donors (Lipinski definition) is 1. The molecular weight excluding hydrogens is 256 g/mol. The molecule has 106 valence electrons. The standard InChI is InChI=1S/C15H18N2O3/c1-10-3-2-4-12(7-10)17-9-13(20-15(17)19)8-16-14(18)11-5-6-11/h2-4,7,11,13H,5-6,8-9H2,1H3,(H,16,18). The Bertz CT molecular complexity index is 540. The van der Waals surface area contributed by atoms with Gasteiger partial charge in [-0.05, 0) is 37.5 Å². The molecule has 20 heavy (non-hydrogen) atoms. The fourth-order valence-corrected chi connectivity index (χ4v) is 2.34. The Labute approximate surface area is 117 Å². The van der Waals surface area contributed by atoms with Crippen LogP contribution in [0.25, 0.3) is 0 Å². The van der Waals surface area contributed by atoms with E-state index in [0.29, 0.717) is 13.1 Å². The molecule has 1 saturated heterocycles. The molecule has 1 aromatic rings. The Morgan fingerprint density at radius 1 is 1.45 bits per heavy atom. The molecule has 0 bridgehead atoms. The Morgan fingerprint density at radius 3 is 2.95 bits per heavy atom. The summed E-state index contributed by atoms with van der Waals surface area (Å²) >= 11 is 0. The average molecular weight is 274 g/mol. The maximum absolute atomic E-state index is 11.9. The van der Waals surface area contributed by atoms with Gasteiger partial charge in [0.05, 0.1) is 13.1 Å². The van der Waals surface area contributed by atoms with E-state index in [1.807, 2.05) is 31.2 Å². The van der Waals surface area contributed by atoms with Crippen molar-refractivity contribution in [1.29, 1.82) is 0 Å². The largest absolute Gasteiger partial charge is 0.442 e. The number of anilines is 1. The molecular formula is C15H18N2O3. The van der Waals surface area contributed by atoms with Gasteiger partial charge in [0.25, 0.3) is 0 Å². The average Bonchev–Trinajstić information content (AvgIpc) is 3.20. The van der Waals surface area contributed by atoms with Crippen LogP contribution in [0.15, 0.2) is 24.3 Å². The topological polar surface area (TPSA) is 58.6 Å². The number of cyclic esters (lactones) is 1. The number of ether oxygens (including phenoxy) is 1. The van der Waals surface area contributed by atoms with Gasteiger partial charge in [0.2, 0.25) is 5.91 Å². The quantitative estimate of drug-likeness (QED) is 0.911. The molecule has 0 radical (unpaired) electrons. The van der Waals surface area contributed by atoms with E-state index in [4.69, 9.17) is 4.74 Å². The van der Waals surface area contributed by atoms with Crippen LogP contribution in [0.1, 0.15) is 18.4 Å². The summed E-state index contributed by atoms with van der Waals surface area (Å²) in [5, 5.41) is 2.85. The predicted molar refractivity (Wildman–Crippen MR) is 74.5 cm³/mol. The minimum absolute atomic E-state index is 0.0788. The summed E-state index contributed by atoms with van der Waals surface area (Å²) in [7, 11) is 0. The van der Waals surface area contributed by atoms with Gasteiger partial charge >= 0.3 is 6.09 Å². The summed E-state index contributed by atoms with van der Waals surface area (Å²) in [6.07, 6.45) is 1.34. The highest BCUT2D eigenvalue weighted by molar-refractivity contribution is 5.90. The minimum Gasteiger partial charge on any atom is -0.442 e. The number of nitrogens with one attached hydrogen (secondary N) is 1. The van der Waals surface area contributed by atoms with E-state index in [1.165, 1.54) is 0 Å². The van der Waals surface area contributed by atoms with Gasteiger partial charge in [0.15, 0.2) is 0 Å². The summed E-state index contributed by atoms with van der Waals surface area (Å²) in [5.41, 5.74) is 1.94. The van der Waals surface area contributed by atoms with Gasteiger partial charge in [-0.25, -0.2) is 4.79 Å². The van der Waals surface area contributed by atoms with Gasteiger partial charge in [-0.1, -0.05) is 12.1 Å². The molecule has 1 N–H and O–H groups in total. The molecule has 1 heterocycles. The van der Waals surface area contributed by atoms with Crippen LogP contribution in [0, 0.1) is 12.8 Å². The Balaban J connectivity index is 1.58. The normalized spacial score (nSPS) is 21.8. The molecule has 0 spiro atoms. The van der Waals surface area contributed by atoms with E-state index in [-0.39, 0.29) is 24.0 Å². The van der Waals surface area contributed by atoms with Crippen molar-refractivity contribution in [3.05, 3.63) is 29.8 Å². The summed E-state index contributed by atoms with van der Waals surface area (Å²) in [4.78, 5) is 25.1. The van der Waals surface area contributed by atoms with Crippen molar-refractivity contribution >= 4 is 17.7 Å². The molecule has 3 rings (SSSR count). The van der Waals surface area contributed by atoms with E-state index in [0.717, 1.165) is 24.1 Å². The maximum Gasteiger partial charge on any atom is 0.414 e. The summed E-state index contributed by atoms with van der Waals surface area (Å²) in [6, 6.07) is 7.74. The predicted octanol–water partition coefficient (Wildman–Crippen LogP) is 1.85. The van der Waals surface area contributed by atoms with Crippen molar-refractivity contribution in [3.63, 3.8) is 0 Å². The zero-order chi connectivity index (χ0) is 14.1. The molecule has 1 aliphatic heterocycles. The third-order valence-electron chi connectivity index (χ3n) is 3.64. The van der Waals surface area contributed by atoms with Crippen molar-refractivity contribution in [1.82, 2.24) is 5.32 Å². The van der Waals surface area contributed by atoms with Gasteiger partial charge in [-0.3, -0.25) is 9.69 Å². The van der Waals surface area contributed by atoms with Gasteiger partial charge < -0.3 is 10.1 Å². The number of rotatable bonds is 4. The molecule has 0 aromatic heterocycles. The molecule has 5 nitrogen and oxygen atoms in total. The smallest absolute Gasteiger partial charge is 0.414 e. The van der Waals surface area contributed by atoms with E-state index < -0.39 is 0 Å². The molecule has 1 aromatic carbocycles. The summed E-state index contributed by atoms with van der Waals surface area (Å²) < 4.78 is 5.29. The van der Waals surface area contributed by atoms with Crippen molar-refractivity contribution in [2.24, 2.45) is 5.92 Å². The highest BCUT2D eigenvalue weighted by Crippen LogP contribution is 2.29. The second kappa shape index (κ2) is 5.15. The van der Waals surface area contributed by atoms with Crippen molar-refractivity contribution in [2.45, 2.75) is 25.9 Å². The van der Waals surface area contributed by atoms with Gasteiger partial charge in [-0.2, -0.15) is 0 Å². The highest BCUT2D eigenvalue weighted by atomic mass is 16.6. The first-order valence-corrected chi connectivity index (χ1v) is 6.96. The van der Waals surface area contributed by atoms with Crippen LogP contribution in [0.2, 0.25) is 0 Å². The Morgan fingerprint density at radius 2 is 2.25 bits per heavy atom. The van der Waals surface area contributed by atoms with Crippen LogP contribution in [0.5, 0.6) is 0 Å². The summed E-state index contributed by atoms with van der Waals surface area (Å²) in [5.74, 6) is 0.259. The lowest BCUT2D eigenvalue weighted by atomic mass is 10.2. The lowest BCUT2D eigenvalue weighted by Crippen LogP contribution is -2.35. The second-order valence-corrected chi connectivity index (χ2v) is 5.47. The maximum atomic E-state index is 11.9. The Kier molecular flexibility index (Phi) is 3.34. The highest BCUT2D eigenvalue weighted by Gasteiger charge is 2.34. The molecule has 2 fully saturated rings. The molecule has 2 amide bonds. The zero-order valence-electron chi connectivity index (χ0n) is 11.5. The van der Waals surface area contributed by atoms with Crippen LogP contribution in [0.4, 0.5) is 10.5 Å². The number of amides is 2. The van der Waals surface area contributed by atoms with E-state index in [9.17, 15) is 9.59 Å². The minimum atomic E-state index is -0.346. The monoisotopic (exact) mass is 274 g/mol. The first-order valence-electron chi connectivity index (χ1n) is 6.96. The first-order chi connectivity index (χ1) is 9.63. The molecule has 2 aliphatic rings. The van der Waals surface area contributed by atoms with E-state index >= 15 is 0 Å². The molecule has 1 aliphatic carbocycles. The van der Waals surface area contributed by atoms with Crippen LogP contribution < -0.4 is 10.2 Å². The third kappa shape index (κ3) is 2.76. The van der Waals surface area contributed by atoms with Crippen molar-refractivity contribution in [3.8, 4) is 0 Å². The molecule has 1 atom stereocenters. The third-order valence-corrected chi connectivity index (χ3v) is 3.64. The molecule has 5 heteroatoms. The fraction of sp³-hybridized carbons (Fsp3) is 0.467. The van der Waals surface area contributed by atoms with Crippen LogP contribution >= 0.6 is 0 Å². The lowest BCUT2D eigenvalue weighted by molar-refractivity contribution is -0.122. The molecule has 1 unspecified atom stereocenters. The number of carbonyl (C=O) groups excluding carboxylic acids is 2. The number of carbonyl (C=O) groups is 2.